The number of aromatic amines is 1. The second-order valence-electron chi connectivity index (χ2n) is 5.81. The van der Waals surface area contributed by atoms with Gasteiger partial charge in [0.1, 0.15) is 5.69 Å². The first-order chi connectivity index (χ1) is 11.4. The number of halogens is 1. The molecule has 1 fully saturated rings. The molecule has 3 rings (SSSR count). The van der Waals surface area contributed by atoms with E-state index in [9.17, 15) is 13.2 Å². The third kappa shape index (κ3) is 3.63. The highest BCUT2D eigenvalue weighted by molar-refractivity contribution is 7.92. The lowest BCUT2D eigenvalue weighted by Crippen LogP contribution is -2.46. The molecule has 1 amide bonds. The topological polar surface area (TPSA) is 82.3 Å². The monoisotopic (exact) mass is 367 g/mol. The van der Waals surface area contributed by atoms with Crippen molar-refractivity contribution in [1.29, 1.82) is 0 Å². The molecule has 24 heavy (non-hydrogen) atoms. The highest BCUT2D eigenvalue weighted by atomic mass is 35.5. The summed E-state index contributed by atoms with van der Waals surface area (Å²) in [4.78, 5) is 17.4. The molecule has 6 nitrogen and oxygen atoms in total. The lowest BCUT2D eigenvalue weighted by molar-refractivity contribution is 0.0706. The molecule has 0 bridgehead atoms. The normalized spacial score (nSPS) is 16.5. The molecule has 0 radical (unpaired) electrons. The van der Waals surface area contributed by atoms with Gasteiger partial charge in [-0.05, 0) is 37.1 Å². The van der Waals surface area contributed by atoms with Crippen molar-refractivity contribution >= 4 is 38.4 Å². The molecule has 2 N–H and O–H groups in total. The van der Waals surface area contributed by atoms with Gasteiger partial charge in [0.15, 0.2) is 0 Å². The zero-order valence-corrected chi connectivity index (χ0v) is 14.5. The molecule has 1 aromatic carbocycles. The average molecular weight is 368 g/mol. The summed E-state index contributed by atoms with van der Waals surface area (Å²) in [5.74, 6) is -0.0904. The van der Waals surface area contributed by atoms with Crippen LogP contribution >= 0.6 is 11.6 Å². The minimum absolute atomic E-state index is 0.0904. The number of rotatable bonds is 4. The van der Waals surface area contributed by atoms with E-state index in [4.69, 9.17) is 11.6 Å². The molecule has 2 heterocycles. The van der Waals surface area contributed by atoms with E-state index in [-0.39, 0.29) is 11.9 Å². The molecule has 0 aliphatic carbocycles. The number of sulfonamides is 1. The summed E-state index contributed by atoms with van der Waals surface area (Å²) in [5, 5.41) is 2.41. The summed E-state index contributed by atoms with van der Waals surface area (Å²) < 4.78 is 25.6. The Kier molecular flexibility index (Phi) is 4.67. The van der Waals surface area contributed by atoms with Gasteiger partial charge < -0.3 is 9.88 Å². The van der Waals surface area contributed by atoms with Gasteiger partial charge in [0.05, 0.1) is 0 Å². The van der Waals surface area contributed by atoms with Gasteiger partial charge in [0.25, 0.3) is 5.91 Å². The fourth-order valence-corrected chi connectivity index (χ4v) is 3.85. The van der Waals surface area contributed by atoms with E-state index < -0.39 is 10.0 Å². The largest absolute Gasteiger partial charge is 0.351 e. The molecule has 0 unspecified atom stereocenters. The van der Waals surface area contributed by atoms with E-state index in [0.717, 1.165) is 16.3 Å². The molecule has 2 aromatic rings. The number of fused-ring (bicyclic) bond motifs is 1. The number of hydrogen-bond acceptors (Lipinski definition) is 3. The van der Waals surface area contributed by atoms with E-state index >= 15 is 0 Å². The average Bonchev–Trinajstić information content (AvgIpc) is 2.97. The summed E-state index contributed by atoms with van der Waals surface area (Å²) in [5.41, 5.74) is 1.37. The smallest absolute Gasteiger partial charge is 0.270 e. The molecule has 1 aromatic heterocycles. The van der Waals surface area contributed by atoms with Crippen molar-refractivity contribution in [3.8, 4) is 0 Å². The Morgan fingerprint density at radius 2 is 2.04 bits per heavy atom. The SMILES string of the molecule is C=CS(=O)(=O)NC1CCN(C(=O)c2cc3cc(Cl)ccc3[nH]2)CC1. The molecule has 0 spiro atoms. The van der Waals surface area contributed by atoms with Crippen LogP contribution < -0.4 is 4.72 Å². The molecule has 1 aliphatic heterocycles. The van der Waals surface area contributed by atoms with Crippen LogP contribution in [-0.4, -0.2) is 43.3 Å². The molecule has 1 aliphatic rings. The molecular weight excluding hydrogens is 350 g/mol. The van der Waals surface area contributed by atoms with E-state index in [1.165, 1.54) is 0 Å². The zero-order valence-electron chi connectivity index (χ0n) is 13.0. The number of carbonyl (C=O) groups is 1. The van der Waals surface area contributed by atoms with E-state index in [2.05, 4.69) is 16.3 Å². The van der Waals surface area contributed by atoms with Gasteiger partial charge in [0.2, 0.25) is 10.0 Å². The predicted molar refractivity (Wildman–Crippen MR) is 94.5 cm³/mol. The first kappa shape index (κ1) is 17.0. The van der Waals surface area contributed by atoms with Crippen LogP contribution in [0, 0.1) is 0 Å². The lowest BCUT2D eigenvalue weighted by atomic mass is 10.1. The number of amides is 1. The Labute approximate surface area is 145 Å². The first-order valence-corrected chi connectivity index (χ1v) is 9.53. The van der Waals surface area contributed by atoms with Crippen LogP contribution in [-0.2, 0) is 10.0 Å². The molecule has 0 atom stereocenters. The van der Waals surface area contributed by atoms with Gasteiger partial charge >= 0.3 is 0 Å². The summed E-state index contributed by atoms with van der Waals surface area (Å²) in [6.07, 6.45) is 1.15. The Hall–Kier alpha value is -1.83. The highest BCUT2D eigenvalue weighted by Crippen LogP contribution is 2.22. The number of piperidine rings is 1. The zero-order chi connectivity index (χ0) is 17.3. The standard InChI is InChI=1S/C16H18ClN3O3S/c1-2-24(22,23)19-13-5-7-20(8-6-13)16(21)15-10-11-9-12(17)3-4-14(11)18-15/h2-4,9-10,13,18-19H,1,5-8H2. The van der Waals surface area contributed by atoms with Crippen LogP contribution in [0.3, 0.4) is 0 Å². The maximum atomic E-state index is 12.6. The number of likely N-dealkylation sites (tertiary alicyclic amines) is 1. The number of H-pyrrole nitrogens is 1. The minimum atomic E-state index is -3.44. The lowest BCUT2D eigenvalue weighted by Gasteiger charge is -2.31. The Bertz CT molecular complexity index is 883. The van der Waals surface area contributed by atoms with Crippen LogP contribution in [0.1, 0.15) is 23.3 Å². The van der Waals surface area contributed by atoms with Gasteiger partial charge in [-0.1, -0.05) is 18.2 Å². The van der Waals surface area contributed by atoms with Gasteiger partial charge in [-0.25, -0.2) is 13.1 Å². The van der Waals surface area contributed by atoms with Crippen molar-refractivity contribution < 1.29 is 13.2 Å². The van der Waals surface area contributed by atoms with Gasteiger partial charge in [-0.15, -0.1) is 0 Å². The van der Waals surface area contributed by atoms with Crippen molar-refractivity contribution in [1.82, 2.24) is 14.6 Å². The van der Waals surface area contributed by atoms with Crippen LogP contribution in [0.5, 0.6) is 0 Å². The molecule has 0 saturated carbocycles. The number of hydrogen-bond donors (Lipinski definition) is 2. The van der Waals surface area contributed by atoms with Crippen LogP contribution in [0.25, 0.3) is 10.9 Å². The van der Waals surface area contributed by atoms with Gasteiger partial charge in [0, 0.05) is 40.5 Å². The van der Waals surface area contributed by atoms with E-state index in [1.54, 1.807) is 23.1 Å². The third-order valence-corrected chi connectivity index (χ3v) is 5.48. The Morgan fingerprint density at radius 3 is 2.71 bits per heavy atom. The Balaban J connectivity index is 1.67. The minimum Gasteiger partial charge on any atom is -0.351 e. The fourth-order valence-electron chi connectivity index (χ4n) is 2.87. The summed E-state index contributed by atoms with van der Waals surface area (Å²) in [6.45, 7) is 4.28. The third-order valence-electron chi connectivity index (χ3n) is 4.15. The number of nitrogens with zero attached hydrogens (tertiary/aromatic N) is 1. The molecular formula is C16H18ClN3O3S. The second-order valence-corrected chi connectivity index (χ2v) is 7.91. The highest BCUT2D eigenvalue weighted by Gasteiger charge is 2.26. The van der Waals surface area contributed by atoms with Crippen molar-refractivity contribution in [3.05, 3.63) is 47.0 Å². The predicted octanol–water partition coefficient (Wildman–Crippen LogP) is 2.49. The van der Waals surface area contributed by atoms with E-state index in [1.807, 2.05) is 6.07 Å². The number of aromatic nitrogens is 1. The quantitative estimate of drug-likeness (QED) is 0.870. The number of carbonyl (C=O) groups excluding carboxylic acids is 1. The van der Waals surface area contributed by atoms with Gasteiger partial charge in [-0.2, -0.15) is 0 Å². The molecule has 8 heteroatoms. The summed E-state index contributed by atoms with van der Waals surface area (Å²) >= 11 is 5.96. The van der Waals surface area contributed by atoms with E-state index in [0.29, 0.717) is 36.6 Å². The first-order valence-electron chi connectivity index (χ1n) is 7.60. The second kappa shape index (κ2) is 6.58. The van der Waals surface area contributed by atoms with Crippen LogP contribution in [0.4, 0.5) is 0 Å². The molecule has 128 valence electrons. The maximum Gasteiger partial charge on any atom is 0.270 e. The van der Waals surface area contributed by atoms with Gasteiger partial charge in [-0.3, -0.25) is 4.79 Å². The van der Waals surface area contributed by atoms with Crippen LogP contribution in [0.15, 0.2) is 36.3 Å². The number of benzene rings is 1. The maximum absolute atomic E-state index is 12.6. The van der Waals surface area contributed by atoms with Crippen molar-refractivity contribution in [2.24, 2.45) is 0 Å². The van der Waals surface area contributed by atoms with Crippen LogP contribution in [0.2, 0.25) is 5.02 Å². The summed E-state index contributed by atoms with van der Waals surface area (Å²) in [6, 6.07) is 7.03. The van der Waals surface area contributed by atoms with Crippen molar-refractivity contribution in [2.75, 3.05) is 13.1 Å². The Morgan fingerprint density at radius 1 is 1.33 bits per heavy atom. The number of nitrogens with one attached hydrogen (secondary N) is 2. The summed E-state index contributed by atoms with van der Waals surface area (Å²) in [7, 11) is -3.44. The fraction of sp³-hybridized carbons (Fsp3) is 0.312. The van der Waals surface area contributed by atoms with Crippen molar-refractivity contribution in [3.63, 3.8) is 0 Å². The molecule has 1 saturated heterocycles. The van der Waals surface area contributed by atoms with Crippen molar-refractivity contribution in [2.45, 2.75) is 18.9 Å².